The minimum absolute atomic E-state index is 0.0785. The number of thioether (sulfide) groups is 1. The first-order chi connectivity index (χ1) is 9.52. The maximum Gasteiger partial charge on any atom is 0.208 e. The predicted octanol–water partition coefficient (Wildman–Crippen LogP) is 2.76. The van der Waals surface area contributed by atoms with Gasteiger partial charge >= 0.3 is 0 Å². The number of hydrogen-bond donors (Lipinski definition) is 2. The van der Waals surface area contributed by atoms with Gasteiger partial charge in [0.25, 0.3) is 0 Å². The average molecular weight is 325 g/mol. The Kier molecular flexibility index (Phi) is 4.90. The minimum atomic E-state index is 0.0785. The molecule has 2 rings (SSSR count). The highest BCUT2D eigenvalue weighted by molar-refractivity contribution is 8.01. The van der Waals surface area contributed by atoms with Crippen molar-refractivity contribution >= 4 is 45.8 Å². The van der Waals surface area contributed by atoms with Crippen molar-refractivity contribution in [2.45, 2.75) is 14.1 Å². The fourth-order valence-electron chi connectivity index (χ4n) is 1.55. The van der Waals surface area contributed by atoms with Crippen LogP contribution in [-0.2, 0) is 0 Å². The van der Waals surface area contributed by atoms with Gasteiger partial charge < -0.3 is 10.6 Å². The van der Waals surface area contributed by atoms with Crippen LogP contribution in [0.3, 0.4) is 0 Å². The SMILES string of the molecule is CSc1cccc(Sc2nnc(N(C)C)s2)c1C(=N)N. The van der Waals surface area contributed by atoms with E-state index in [1.165, 1.54) is 23.1 Å². The summed E-state index contributed by atoms with van der Waals surface area (Å²) in [5.74, 6) is 0.0785. The zero-order valence-corrected chi connectivity index (χ0v) is 13.8. The summed E-state index contributed by atoms with van der Waals surface area (Å²) in [4.78, 5) is 3.86. The van der Waals surface area contributed by atoms with E-state index in [0.717, 1.165) is 24.8 Å². The number of anilines is 1. The molecule has 0 radical (unpaired) electrons. The molecule has 0 spiro atoms. The van der Waals surface area contributed by atoms with Gasteiger partial charge in [0.05, 0.1) is 0 Å². The van der Waals surface area contributed by atoms with Gasteiger partial charge in [-0.2, -0.15) is 0 Å². The fraction of sp³-hybridized carbons (Fsp3) is 0.250. The van der Waals surface area contributed by atoms with Gasteiger partial charge in [-0.3, -0.25) is 5.41 Å². The second-order valence-corrected chi connectivity index (χ2v) is 7.19. The van der Waals surface area contributed by atoms with Gasteiger partial charge in [-0.05, 0) is 18.4 Å². The van der Waals surface area contributed by atoms with E-state index < -0.39 is 0 Å². The highest BCUT2D eigenvalue weighted by Crippen LogP contribution is 2.37. The second kappa shape index (κ2) is 6.47. The molecule has 0 aliphatic carbocycles. The largest absolute Gasteiger partial charge is 0.384 e. The normalized spacial score (nSPS) is 10.6. The molecule has 1 aromatic heterocycles. The number of nitrogen functional groups attached to an aromatic ring is 1. The van der Waals surface area contributed by atoms with Gasteiger partial charge in [0.15, 0.2) is 4.34 Å². The Morgan fingerprint density at radius 2 is 2.00 bits per heavy atom. The number of nitrogens with two attached hydrogens (primary N) is 1. The Morgan fingerprint density at radius 3 is 2.55 bits per heavy atom. The van der Waals surface area contributed by atoms with Crippen molar-refractivity contribution in [3.05, 3.63) is 23.8 Å². The standard InChI is InChI=1S/C12H15N5S3/c1-17(2)11-15-16-12(20-11)19-8-6-4-5-7(18-3)9(8)10(13)14/h4-6H,1-3H3,(H3,13,14). The smallest absolute Gasteiger partial charge is 0.208 e. The van der Waals surface area contributed by atoms with Gasteiger partial charge in [0, 0.05) is 29.4 Å². The summed E-state index contributed by atoms with van der Waals surface area (Å²) in [6, 6.07) is 5.89. The first kappa shape index (κ1) is 15.1. The Balaban J connectivity index is 2.35. The molecule has 8 heteroatoms. The van der Waals surface area contributed by atoms with Gasteiger partial charge in [0.2, 0.25) is 5.13 Å². The zero-order valence-electron chi connectivity index (χ0n) is 11.4. The van der Waals surface area contributed by atoms with Crippen molar-refractivity contribution in [2.24, 2.45) is 5.73 Å². The van der Waals surface area contributed by atoms with Crippen LogP contribution in [0.25, 0.3) is 0 Å². The summed E-state index contributed by atoms with van der Waals surface area (Å²) in [5, 5.41) is 16.9. The topological polar surface area (TPSA) is 78.9 Å². The third-order valence-corrected chi connectivity index (χ3v) is 5.43. The highest BCUT2D eigenvalue weighted by atomic mass is 32.2. The molecular formula is C12H15N5S3. The molecule has 0 saturated carbocycles. The highest BCUT2D eigenvalue weighted by Gasteiger charge is 2.14. The number of benzene rings is 1. The van der Waals surface area contributed by atoms with Crippen LogP contribution in [0, 0.1) is 5.41 Å². The van der Waals surface area contributed by atoms with Crippen molar-refractivity contribution in [3.8, 4) is 0 Å². The molecule has 2 aromatic rings. The molecule has 0 unspecified atom stereocenters. The van der Waals surface area contributed by atoms with E-state index in [4.69, 9.17) is 11.1 Å². The average Bonchev–Trinajstić information content (AvgIpc) is 2.86. The monoisotopic (exact) mass is 325 g/mol. The number of rotatable bonds is 5. The first-order valence-electron chi connectivity index (χ1n) is 5.73. The van der Waals surface area contributed by atoms with Gasteiger partial charge in [-0.1, -0.05) is 29.2 Å². The molecule has 0 aliphatic heterocycles. The summed E-state index contributed by atoms with van der Waals surface area (Å²) in [7, 11) is 3.87. The quantitative estimate of drug-likeness (QED) is 0.500. The molecule has 0 bridgehead atoms. The summed E-state index contributed by atoms with van der Waals surface area (Å²) in [5.41, 5.74) is 6.48. The molecule has 0 aliphatic rings. The van der Waals surface area contributed by atoms with E-state index in [2.05, 4.69) is 10.2 Å². The number of aromatic nitrogens is 2. The molecule has 1 aromatic carbocycles. The summed E-state index contributed by atoms with van der Waals surface area (Å²) >= 11 is 4.60. The summed E-state index contributed by atoms with van der Waals surface area (Å²) < 4.78 is 0.842. The van der Waals surface area contributed by atoms with Crippen LogP contribution in [0.4, 0.5) is 5.13 Å². The van der Waals surface area contributed by atoms with E-state index in [0.29, 0.717) is 0 Å². The van der Waals surface area contributed by atoms with Crippen molar-refractivity contribution in [3.63, 3.8) is 0 Å². The van der Waals surface area contributed by atoms with Crippen LogP contribution in [0.1, 0.15) is 5.56 Å². The van der Waals surface area contributed by atoms with Crippen LogP contribution in [0.15, 0.2) is 32.3 Å². The van der Waals surface area contributed by atoms with Crippen LogP contribution >= 0.6 is 34.9 Å². The second-order valence-electron chi connectivity index (χ2n) is 4.09. The number of amidine groups is 1. The Hall–Kier alpha value is -1.25. The molecule has 106 valence electrons. The lowest BCUT2D eigenvalue weighted by Crippen LogP contribution is -2.13. The van der Waals surface area contributed by atoms with Crippen LogP contribution in [0.2, 0.25) is 0 Å². The molecule has 0 amide bonds. The van der Waals surface area contributed by atoms with Gasteiger partial charge in [0.1, 0.15) is 5.84 Å². The lowest BCUT2D eigenvalue weighted by molar-refractivity contribution is 0.972. The molecule has 0 atom stereocenters. The molecule has 0 fully saturated rings. The maximum atomic E-state index is 7.77. The number of hydrogen-bond acceptors (Lipinski definition) is 7. The van der Waals surface area contributed by atoms with Gasteiger partial charge in [-0.25, -0.2) is 0 Å². The van der Waals surface area contributed by atoms with Crippen LogP contribution in [0.5, 0.6) is 0 Å². The number of nitrogens with one attached hydrogen (secondary N) is 1. The lowest BCUT2D eigenvalue weighted by Gasteiger charge is -2.10. The van der Waals surface area contributed by atoms with Crippen molar-refractivity contribution in [1.82, 2.24) is 10.2 Å². The minimum Gasteiger partial charge on any atom is -0.384 e. The Bertz CT molecular complexity index is 623. The maximum absolute atomic E-state index is 7.77. The molecule has 3 N–H and O–H groups in total. The van der Waals surface area contributed by atoms with E-state index in [1.54, 1.807) is 11.8 Å². The molecule has 5 nitrogen and oxygen atoms in total. The molecular weight excluding hydrogens is 310 g/mol. The van der Waals surface area contributed by atoms with Crippen molar-refractivity contribution in [2.75, 3.05) is 25.3 Å². The van der Waals surface area contributed by atoms with Crippen LogP contribution in [-0.4, -0.2) is 36.4 Å². The number of nitrogens with zero attached hydrogens (tertiary/aromatic N) is 3. The summed E-state index contributed by atoms with van der Waals surface area (Å²) in [6.07, 6.45) is 1.98. The lowest BCUT2D eigenvalue weighted by atomic mass is 10.2. The third-order valence-electron chi connectivity index (χ3n) is 2.45. The Morgan fingerprint density at radius 1 is 1.30 bits per heavy atom. The van der Waals surface area contributed by atoms with Crippen molar-refractivity contribution in [1.29, 1.82) is 5.41 Å². The van der Waals surface area contributed by atoms with E-state index >= 15 is 0 Å². The molecule has 20 heavy (non-hydrogen) atoms. The van der Waals surface area contributed by atoms with Crippen LogP contribution < -0.4 is 10.6 Å². The molecule has 1 heterocycles. The zero-order chi connectivity index (χ0) is 14.7. The fourth-order valence-corrected chi connectivity index (χ4v) is 4.15. The Labute approximate surface area is 130 Å². The van der Waals surface area contributed by atoms with E-state index in [9.17, 15) is 0 Å². The summed E-state index contributed by atoms with van der Waals surface area (Å²) in [6.45, 7) is 0. The van der Waals surface area contributed by atoms with E-state index in [1.807, 2.05) is 43.5 Å². The van der Waals surface area contributed by atoms with E-state index in [-0.39, 0.29) is 5.84 Å². The van der Waals surface area contributed by atoms with Gasteiger partial charge in [-0.15, -0.1) is 22.0 Å². The molecule has 0 saturated heterocycles. The predicted molar refractivity (Wildman–Crippen MR) is 87.6 cm³/mol. The third kappa shape index (κ3) is 3.25. The van der Waals surface area contributed by atoms with Crippen molar-refractivity contribution < 1.29 is 0 Å². The first-order valence-corrected chi connectivity index (χ1v) is 8.58.